The van der Waals surface area contributed by atoms with E-state index in [9.17, 15) is 14.4 Å². The van der Waals surface area contributed by atoms with Crippen LogP contribution in [-0.4, -0.2) is 48.9 Å². The van der Waals surface area contributed by atoms with Crippen LogP contribution in [0.5, 0.6) is 0 Å². The minimum Gasteiger partial charge on any atom is -0.459 e. The van der Waals surface area contributed by atoms with Crippen LogP contribution in [-0.2, 0) is 14.3 Å². The van der Waals surface area contributed by atoms with Crippen molar-refractivity contribution in [3.63, 3.8) is 0 Å². The van der Waals surface area contributed by atoms with Gasteiger partial charge in [-0.1, -0.05) is 36.4 Å². The summed E-state index contributed by atoms with van der Waals surface area (Å²) >= 11 is 0. The summed E-state index contributed by atoms with van der Waals surface area (Å²) in [6.45, 7) is 0.386. The van der Waals surface area contributed by atoms with Crippen LogP contribution in [0, 0.1) is 0 Å². The first-order valence-electron chi connectivity index (χ1n) is 8.63. The second kappa shape index (κ2) is 8.84. The Balaban J connectivity index is 1.40. The third-order valence-electron chi connectivity index (χ3n) is 4.20. The molecule has 0 saturated heterocycles. The number of ether oxygens (including phenoxy) is 1. The third-order valence-corrected chi connectivity index (χ3v) is 4.20. The predicted molar refractivity (Wildman–Crippen MR) is 97.6 cm³/mol. The summed E-state index contributed by atoms with van der Waals surface area (Å²) in [6, 6.07) is 13.1. The van der Waals surface area contributed by atoms with Crippen molar-refractivity contribution in [2.24, 2.45) is 0 Å². The molecule has 0 radical (unpaired) electrons. The van der Waals surface area contributed by atoms with E-state index in [0.717, 1.165) is 12.0 Å². The fourth-order valence-corrected chi connectivity index (χ4v) is 2.74. The van der Waals surface area contributed by atoms with Gasteiger partial charge < -0.3 is 19.4 Å². The largest absolute Gasteiger partial charge is 0.459 e. The summed E-state index contributed by atoms with van der Waals surface area (Å²) in [7, 11) is 0. The van der Waals surface area contributed by atoms with Gasteiger partial charge in [0.1, 0.15) is 6.54 Å². The molecule has 0 atom stereocenters. The van der Waals surface area contributed by atoms with E-state index in [1.807, 2.05) is 36.4 Å². The Labute approximate surface area is 156 Å². The summed E-state index contributed by atoms with van der Waals surface area (Å²) in [5.74, 6) is -1.35. The van der Waals surface area contributed by atoms with Gasteiger partial charge >= 0.3 is 5.97 Å². The molecule has 1 N–H and O–H groups in total. The highest BCUT2D eigenvalue weighted by Gasteiger charge is 2.19. The van der Waals surface area contributed by atoms with E-state index in [-0.39, 0.29) is 24.8 Å². The topological polar surface area (TPSA) is 88.9 Å². The number of esters is 1. The second-order valence-electron chi connectivity index (χ2n) is 6.01. The van der Waals surface area contributed by atoms with Gasteiger partial charge in [0.25, 0.3) is 11.8 Å². The van der Waals surface area contributed by atoms with Crippen molar-refractivity contribution in [1.29, 1.82) is 0 Å². The first-order valence-corrected chi connectivity index (χ1v) is 8.63. The maximum Gasteiger partial charge on any atom is 0.325 e. The van der Waals surface area contributed by atoms with Crippen molar-refractivity contribution in [2.45, 2.75) is 6.42 Å². The molecule has 0 saturated carbocycles. The van der Waals surface area contributed by atoms with E-state index in [0.29, 0.717) is 13.1 Å². The Morgan fingerprint density at radius 3 is 2.59 bits per heavy atom. The van der Waals surface area contributed by atoms with Gasteiger partial charge in [0, 0.05) is 13.1 Å². The number of nitrogens with one attached hydrogen (secondary N) is 1. The summed E-state index contributed by atoms with van der Waals surface area (Å²) in [5, 5.41) is 2.37. The summed E-state index contributed by atoms with van der Waals surface area (Å²) < 4.78 is 9.86. The number of furan rings is 1. The van der Waals surface area contributed by atoms with E-state index in [1.165, 1.54) is 17.9 Å². The van der Waals surface area contributed by atoms with Crippen LogP contribution >= 0.6 is 0 Å². The van der Waals surface area contributed by atoms with Crippen LogP contribution < -0.4 is 5.32 Å². The molecular weight excluding hydrogens is 348 g/mol. The van der Waals surface area contributed by atoms with Gasteiger partial charge in [0.05, 0.1) is 6.26 Å². The number of amides is 2. The van der Waals surface area contributed by atoms with Crippen molar-refractivity contribution in [3.05, 3.63) is 66.1 Å². The highest BCUT2D eigenvalue weighted by Crippen LogP contribution is 2.21. The highest BCUT2D eigenvalue weighted by molar-refractivity contribution is 5.93. The molecule has 1 aromatic heterocycles. The van der Waals surface area contributed by atoms with Gasteiger partial charge in [0.2, 0.25) is 0 Å². The minimum absolute atomic E-state index is 0.105. The number of rotatable bonds is 6. The van der Waals surface area contributed by atoms with Crippen molar-refractivity contribution < 1.29 is 23.5 Å². The maximum atomic E-state index is 12.2. The lowest BCUT2D eigenvalue weighted by molar-refractivity contribution is -0.151. The molecule has 140 valence electrons. The van der Waals surface area contributed by atoms with Gasteiger partial charge in [-0.2, -0.15) is 0 Å². The summed E-state index contributed by atoms with van der Waals surface area (Å²) in [6.07, 6.45) is 4.13. The molecule has 27 heavy (non-hydrogen) atoms. The molecule has 2 amide bonds. The summed E-state index contributed by atoms with van der Waals surface area (Å²) in [4.78, 5) is 37.2. The molecule has 3 rings (SSSR count). The number of hydrogen-bond donors (Lipinski definition) is 1. The quantitative estimate of drug-likeness (QED) is 0.787. The van der Waals surface area contributed by atoms with Gasteiger partial charge in [0.15, 0.2) is 12.4 Å². The SMILES string of the molecule is O=C(CNC(=O)c1ccco1)OCC(=O)N1CC=C(c2ccccc2)CC1. The number of nitrogens with zero attached hydrogens (tertiary/aromatic N) is 1. The van der Waals surface area contributed by atoms with Crippen LogP contribution in [0.15, 0.2) is 59.2 Å². The Morgan fingerprint density at radius 2 is 1.93 bits per heavy atom. The standard InChI is InChI=1S/C20H20N2O5/c23-18(14-27-19(24)13-21-20(25)17-7-4-12-26-17)22-10-8-16(9-11-22)15-5-2-1-3-6-15/h1-8,12H,9-11,13-14H2,(H,21,25). The molecule has 1 aliphatic heterocycles. The third kappa shape index (κ3) is 5.07. The van der Waals surface area contributed by atoms with Crippen LogP contribution in [0.4, 0.5) is 0 Å². The van der Waals surface area contributed by atoms with Gasteiger partial charge in [-0.05, 0) is 29.7 Å². The molecule has 0 unspecified atom stereocenters. The van der Waals surface area contributed by atoms with Crippen LogP contribution in [0.2, 0.25) is 0 Å². The molecule has 0 spiro atoms. The molecule has 7 heteroatoms. The van der Waals surface area contributed by atoms with Crippen molar-refractivity contribution >= 4 is 23.4 Å². The fraction of sp³-hybridized carbons (Fsp3) is 0.250. The fourth-order valence-electron chi connectivity index (χ4n) is 2.74. The predicted octanol–water partition coefficient (Wildman–Crippen LogP) is 1.87. The van der Waals surface area contributed by atoms with Crippen LogP contribution in [0.1, 0.15) is 22.5 Å². The zero-order valence-corrected chi connectivity index (χ0v) is 14.7. The zero-order valence-electron chi connectivity index (χ0n) is 14.7. The molecule has 2 heterocycles. The van der Waals surface area contributed by atoms with Crippen LogP contribution in [0.25, 0.3) is 5.57 Å². The average molecular weight is 368 g/mol. The van der Waals surface area contributed by atoms with E-state index >= 15 is 0 Å². The van der Waals surface area contributed by atoms with E-state index < -0.39 is 11.9 Å². The van der Waals surface area contributed by atoms with E-state index in [1.54, 1.807) is 11.0 Å². The smallest absolute Gasteiger partial charge is 0.325 e. The minimum atomic E-state index is -0.680. The molecule has 1 aromatic carbocycles. The lowest BCUT2D eigenvalue weighted by Crippen LogP contribution is -2.38. The van der Waals surface area contributed by atoms with Crippen molar-refractivity contribution in [1.82, 2.24) is 10.2 Å². The molecule has 2 aromatic rings. The summed E-state index contributed by atoms with van der Waals surface area (Å²) in [5.41, 5.74) is 2.36. The molecule has 7 nitrogen and oxygen atoms in total. The average Bonchev–Trinajstić information content (AvgIpc) is 3.26. The van der Waals surface area contributed by atoms with Gasteiger partial charge in [-0.15, -0.1) is 0 Å². The molecule has 0 bridgehead atoms. The highest BCUT2D eigenvalue weighted by atomic mass is 16.5. The lowest BCUT2D eigenvalue weighted by atomic mass is 10.00. The van der Waals surface area contributed by atoms with Crippen molar-refractivity contribution in [2.75, 3.05) is 26.2 Å². The zero-order chi connectivity index (χ0) is 19.1. The van der Waals surface area contributed by atoms with Crippen LogP contribution in [0.3, 0.4) is 0 Å². The second-order valence-corrected chi connectivity index (χ2v) is 6.01. The monoisotopic (exact) mass is 368 g/mol. The Bertz CT molecular complexity index is 827. The molecule has 0 fully saturated rings. The first-order chi connectivity index (χ1) is 13.1. The Morgan fingerprint density at radius 1 is 1.11 bits per heavy atom. The van der Waals surface area contributed by atoms with E-state index in [2.05, 4.69) is 5.32 Å². The van der Waals surface area contributed by atoms with Crippen molar-refractivity contribution in [3.8, 4) is 0 Å². The van der Waals surface area contributed by atoms with Gasteiger partial charge in [-0.3, -0.25) is 14.4 Å². The van der Waals surface area contributed by atoms with E-state index in [4.69, 9.17) is 9.15 Å². The molecule has 0 aliphatic carbocycles. The first kappa shape index (κ1) is 18.4. The number of benzene rings is 1. The lowest BCUT2D eigenvalue weighted by Gasteiger charge is -2.26. The number of carbonyl (C=O) groups is 3. The normalized spacial score (nSPS) is 13.6. The number of hydrogen-bond acceptors (Lipinski definition) is 5. The Hall–Kier alpha value is -3.35. The molecular formula is C20H20N2O5. The number of carbonyl (C=O) groups excluding carboxylic acids is 3. The molecule has 1 aliphatic rings. The van der Waals surface area contributed by atoms with Gasteiger partial charge in [-0.25, -0.2) is 0 Å². The maximum absolute atomic E-state index is 12.2. The Kier molecular flexibility index (Phi) is 6.04.